The molecule has 0 amide bonds. The van der Waals surface area contributed by atoms with Gasteiger partial charge in [0.1, 0.15) is 5.75 Å². The second-order valence-electron chi connectivity index (χ2n) is 7.30. The number of nitrogens with zero attached hydrogens (tertiary/aromatic N) is 1. The topological polar surface area (TPSA) is 48.4 Å². The lowest BCUT2D eigenvalue weighted by molar-refractivity contribution is 0.0599. The zero-order chi connectivity index (χ0) is 18.1. The monoisotopic (exact) mass is 355 g/mol. The standard InChI is InChI=1S/C21H22FNO3/c1-25-21(24)16-11-19(22)20(23-12-16)26-17-8-6-15(7-9-17)18-10-13-2-4-14(18)5-3-13/h6-9,11-14,18H,2-5,10H2,1H3. The van der Waals surface area contributed by atoms with Crippen LogP contribution in [0.4, 0.5) is 4.39 Å². The number of pyridine rings is 1. The number of halogens is 1. The highest BCUT2D eigenvalue weighted by atomic mass is 19.1. The fraction of sp³-hybridized carbons (Fsp3) is 0.429. The molecule has 4 nitrogen and oxygen atoms in total. The fourth-order valence-electron chi connectivity index (χ4n) is 4.41. The number of rotatable bonds is 4. The van der Waals surface area contributed by atoms with E-state index in [1.807, 2.05) is 12.1 Å². The van der Waals surface area contributed by atoms with Crippen LogP contribution < -0.4 is 4.74 Å². The number of carbonyl (C=O) groups is 1. The van der Waals surface area contributed by atoms with Crippen molar-refractivity contribution >= 4 is 5.97 Å². The summed E-state index contributed by atoms with van der Waals surface area (Å²) >= 11 is 0. The summed E-state index contributed by atoms with van der Waals surface area (Å²) in [6.07, 6.45) is 7.99. The Kier molecular flexibility index (Phi) is 4.62. The van der Waals surface area contributed by atoms with Gasteiger partial charge in [-0.05, 0) is 60.8 Å². The van der Waals surface area contributed by atoms with E-state index in [1.165, 1.54) is 51.0 Å². The quantitative estimate of drug-likeness (QED) is 0.717. The van der Waals surface area contributed by atoms with Crippen molar-refractivity contribution in [3.05, 3.63) is 53.5 Å². The largest absolute Gasteiger partial charge is 0.465 e. The maximum absolute atomic E-state index is 14.1. The van der Waals surface area contributed by atoms with Crippen LogP contribution in [0.3, 0.4) is 0 Å². The van der Waals surface area contributed by atoms with Gasteiger partial charge >= 0.3 is 5.97 Å². The maximum atomic E-state index is 14.1. The Bertz CT molecular complexity index is 797. The number of fused-ring (bicyclic) bond motifs is 3. The summed E-state index contributed by atoms with van der Waals surface area (Å²) in [6.45, 7) is 0. The highest BCUT2D eigenvalue weighted by Crippen LogP contribution is 2.49. The average Bonchev–Trinajstić information content (AvgIpc) is 2.70. The molecule has 3 fully saturated rings. The van der Waals surface area contributed by atoms with Crippen LogP contribution in [0.5, 0.6) is 11.6 Å². The van der Waals surface area contributed by atoms with Gasteiger partial charge in [0, 0.05) is 6.20 Å². The van der Waals surface area contributed by atoms with Gasteiger partial charge in [0.25, 0.3) is 5.88 Å². The molecule has 1 atom stereocenters. The van der Waals surface area contributed by atoms with Crippen LogP contribution in [-0.2, 0) is 4.74 Å². The van der Waals surface area contributed by atoms with E-state index in [0.717, 1.165) is 17.9 Å². The molecule has 5 heteroatoms. The number of benzene rings is 1. The highest BCUT2D eigenvalue weighted by molar-refractivity contribution is 5.88. The molecule has 1 aromatic carbocycles. The van der Waals surface area contributed by atoms with E-state index in [-0.39, 0.29) is 11.4 Å². The first-order chi connectivity index (χ1) is 12.6. The first kappa shape index (κ1) is 17.0. The second kappa shape index (κ2) is 7.06. The van der Waals surface area contributed by atoms with Crippen LogP contribution in [0.15, 0.2) is 36.5 Å². The molecule has 136 valence electrons. The Balaban J connectivity index is 1.47. The van der Waals surface area contributed by atoms with Crippen molar-refractivity contribution in [2.24, 2.45) is 11.8 Å². The average molecular weight is 355 g/mol. The predicted molar refractivity (Wildman–Crippen MR) is 94.9 cm³/mol. The summed E-state index contributed by atoms with van der Waals surface area (Å²) in [7, 11) is 1.24. The van der Waals surface area contributed by atoms with Gasteiger partial charge in [-0.3, -0.25) is 0 Å². The minimum atomic E-state index is -0.693. The van der Waals surface area contributed by atoms with Gasteiger partial charge in [-0.15, -0.1) is 0 Å². The number of carbonyl (C=O) groups excluding carboxylic acids is 1. The van der Waals surface area contributed by atoms with Crippen molar-refractivity contribution in [1.29, 1.82) is 0 Å². The molecule has 1 heterocycles. The number of aromatic nitrogens is 1. The third-order valence-corrected chi connectivity index (χ3v) is 5.80. The van der Waals surface area contributed by atoms with E-state index in [9.17, 15) is 9.18 Å². The van der Waals surface area contributed by atoms with E-state index < -0.39 is 11.8 Å². The first-order valence-corrected chi connectivity index (χ1v) is 9.15. The lowest BCUT2D eigenvalue weighted by atomic mass is 9.63. The van der Waals surface area contributed by atoms with Crippen LogP contribution >= 0.6 is 0 Å². The fourth-order valence-corrected chi connectivity index (χ4v) is 4.41. The summed E-state index contributed by atoms with van der Waals surface area (Å²) in [6, 6.07) is 8.98. The Morgan fingerprint density at radius 3 is 2.46 bits per heavy atom. The summed E-state index contributed by atoms with van der Waals surface area (Å²) in [5.41, 5.74) is 1.40. The molecule has 2 aromatic rings. The molecule has 0 aliphatic heterocycles. The molecular formula is C21H22FNO3. The third-order valence-electron chi connectivity index (χ3n) is 5.80. The summed E-state index contributed by atoms with van der Waals surface area (Å²) < 4.78 is 24.2. The Labute approximate surface area is 152 Å². The number of hydrogen-bond acceptors (Lipinski definition) is 4. The minimum absolute atomic E-state index is 0.0556. The van der Waals surface area contributed by atoms with Crippen molar-refractivity contribution in [3.8, 4) is 11.6 Å². The second-order valence-corrected chi connectivity index (χ2v) is 7.30. The third kappa shape index (κ3) is 3.30. The van der Waals surface area contributed by atoms with E-state index in [1.54, 1.807) is 0 Å². The van der Waals surface area contributed by atoms with Gasteiger partial charge in [0.15, 0.2) is 5.82 Å². The molecule has 0 N–H and O–H groups in total. The molecule has 0 radical (unpaired) electrons. The van der Waals surface area contributed by atoms with Crippen LogP contribution in [0.1, 0.15) is 53.9 Å². The summed E-state index contributed by atoms with van der Waals surface area (Å²) in [4.78, 5) is 15.3. The Morgan fingerprint density at radius 2 is 1.88 bits per heavy atom. The number of hydrogen-bond donors (Lipinski definition) is 0. The van der Waals surface area contributed by atoms with Gasteiger partial charge in [0.2, 0.25) is 0 Å². The SMILES string of the molecule is COC(=O)c1cnc(Oc2ccc(C3CC4CCC3CC4)cc2)c(F)c1. The van der Waals surface area contributed by atoms with Crippen molar-refractivity contribution in [1.82, 2.24) is 4.98 Å². The lowest BCUT2D eigenvalue weighted by Crippen LogP contribution is -2.29. The van der Waals surface area contributed by atoms with E-state index in [0.29, 0.717) is 11.7 Å². The predicted octanol–water partition coefficient (Wildman–Crippen LogP) is 5.09. The molecule has 5 rings (SSSR count). The highest BCUT2D eigenvalue weighted by Gasteiger charge is 2.36. The van der Waals surface area contributed by atoms with E-state index in [4.69, 9.17) is 4.74 Å². The van der Waals surface area contributed by atoms with Crippen LogP contribution in [-0.4, -0.2) is 18.1 Å². The lowest BCUT2D eigenvalue weighted by Gasteiger charge is -2.42. The Hall–Kier alpha value is -2.43. The molecule has 3 aliphatic carbocycles. The Morgan fingerprint density at radius 1 is 1.15 bits per heavy atom. The summed E-state index contributed by atoms with van der Waals surface area (Å²) in [5, 5.41) is 0. The molecule has 0 saturated heterocycles. The minimum Gasteiger partial charge on any atom is -0.465 e. The van der Waals surface area contributed by atoms with Crippen molar-refractivity contribution in [2.45, 2.75) is 38.0 Å². The van der Waals surface area contributed by atoms with Crippen molar-refractivity contribution in [3.63, 3.8) is 0 Å². The molecule has 26 heavy (non-hydrogen) atoms. The van der Waals surface area contributed by atoms with Gasteiger partial charge < -0.3 is 9.47 Å². The van der Waals surface area contributed by atoms with Crippen LogP contribution in [0.25, 0.3) is 0 Å². The zero-order valence-corrected chi connectivity index (χ0v) is 14.8. The van der Waals surface area contributed by atoms with Crippen LogP contribution in [0, 0.1) is 17.7 Å². The van der Waals surface area contributed by atoms with Gasteiger partial charge in [-0.25, -0.2) is 14.2 Å². The number of esters is 1. The van der Waals surface area contributed by atoms with Crippen molar-refractivity contribution in [2.75, 3.05) is 7.11 Å². The molecule has 3 aliphatic rings. The first-order valence-electron chi connectivity index (χ1n) is 9.15. The van der Waals surface area contributed by atoms with Crippen molar-refractivity contribution < 1.29 is 18.7 Å². The maximum Gasteiger partial charge on any atom is 0.339 e. The molecule has 0 spiro atoms. The van der Waals surface area contributed by atoms with Gasteiger partial charge in [-0.1, -0.05) is 25.0 Å². The molecule has 3 saturated carbocycles. The molecular weight excluding hydrogens is 333 g/mol. The molecule has 2 bridgehead atoms. The number of methoxy groups -OCH3 is 1. The zero-order valence-electron chi connectivity index (χ0n) is 14.8. The van der Waals surface area contributed by atoms with Gasteiger partial charge in [0.05, 0.1) is 12.7 Å². The molecule has 1 unspecified atom stereocenters. The number of ether oxygens (including phenoxy) is 2. The van der Waals surface area contributed by atoms with Gasteiger partial charge in [-0.2, -0.15) is 0 Å². The summed E-state index contributed by atoms with van der Waals surface area (Å²) in [5.74, 6) is 1.39. The van der Waals surface area contributed by atoms with E-state index in [2.05, 4.69) is 21.9 Å². The normalized spacial score (nSPS) is 24.3. The molecule has 1 aromatic heterocycles. The van der Waals surface area contributed by atoms with E-state index >= 15 is 0 Å². The van der Waals surface area contributed by atoms with Crippen LogP contribution in [0.2, 0.25) is 0 Å². The smallest absolute Gasteiger partial charge is 0.339 e.